The van der Waals surface area contributed by atoms with Gasteiger partial charge in [0, 0.05) is 10.0 Å². The molecule has 1 aromatic carbocycles. The standard InChI is InChI=1S/C9H6BrClN2O/c10-7-5-6(1-2-8(7)11)9(14)13-4-3-12/h1-2,5H,4H2,(H,13,14). The highest BCUT2D eigenvalue weighted by molar-refractivity contribution is 9.10. The minimum atomic E-state index is -0.288. The van der Waals surface area contributed by atoms with E-state index < -0.39 is 0 Å². The van der Waals surface area contributed by atoms with Gasteiger partial charge in [-0.3, -0.25) is 4.79 Å². The van der Waals surface area contributed by atoms with Crippen LogP contribution in [0.5, 0.6) is 0 Å². The van der Waals surface area contributed by atoms with Gasteiger partial charge in [-0.2, -0.15) is 5.26 Å². The van der Waals surface area contributed by atoms with E-state index >= 15 is 0 Å². The topological polar surface area (TPSA) is 52.9 Å². The number of amides is 1. The molecule has 0 aliphatic carbocycles. The number of nitrogens with one attached hydrogen (secondary N) is 1. The van der Waals surface area contributed by atoms with Crippen LogP contribution in [0.2, 0.25) is 5.02 Å². The Bertz CT molecular complexity index is 400. The summed E-state index contributed by atoms with van der Waals surface area (Å²) >= 11 is 8.96. The Balaban J connectivity index is 2.82. The molecular formula is C9H6BrClN2O. The van der Waals surface area contributed by atoms with Crippen molar-refractivity contribution in [2.24, 2.45) is 0 Å². The zero-order valence-electron chi connectivity index (χ0n) is 7.05. The third-order valence-corrected chi connectivity index (χ3v) is 2.72. The van der Waals surface area contributed by atoms with E-state index in [-0.39, 0.29) is 12.5 Å². The Morgan fingerprint density at radius 2 is 2.36 bits per heavy atom. The third kappa shape index (κ3) is 2.72. The molecule has 0 heterocycles. The summed E-state index contributed by atoms with van der Waals surface area (Å²) in [5.74, 6) is -0.288. The number of carbonyl (C=O) groups excluding carboxylic acids is 1. The third-order valence-electron chi connectivity index (χ3n) is 1.51. The lowest BCUT2D eigenvalue weighted by Crippen LogP contribution is -2.23. The first kappa shape index (κ1) is 11.0. The lowest BCUT2D eigenvalue weighted by atomic mass is 10.2. The molecular weight excluding hydrogens is 267 g/mol. The molecule has 0 unspecified atom stereocenters. The molecule has 0 atom stereocenters. The molecule has 0 spiro atoms. The smallest absolute Gasteiger partial charge is 0.252 e. The zero-order chi connectivity index (χ0) is 10.6. The highest BCUT2D eigenvalue weighted by Crippen LogP contribution is 2.22. The van der Waals surface area contributed by atoms with Crippen molar-refractivity contribution in [1.82, 2.24) is 5.32 Å². The second kappa shape index (κ2) is 4.99. The van der Waals surface area contributed by atoms with Gasteiger partial charge >= 0.3 is 0 Å². The number of benzene rings is 1. The highest BCUT2D eigenvalue weighted by atomic mass is 79.9. The van der Waals surface area contributed by atoms with E-state index in [1.54, 1.807) is 18.2 Å². The van der Waals surface area contributed by atoms with Crippen LogP contribution < -0.4 is 5.32 Å². The van der Waals surface area contributed by atoms with E-state index in [1.165, 1.54) is 0 Å². The maximum atomic E-state index is 11.3. The van der Waals surface area contributed by atoms with Gasteiger partial charge in [0.15, 0.2) is 0 Å². The molecule has 0 saturated heterocycles. The van der Waals surface area contributed by atoms with E-state index in [4.69, 9.17) is 16.9 Å². The molecule has 14 heavy (non-hydrogen) atoms. The molecule has 3 nitrogen and oxygen atoms in total. The monoisotopic (exact) mass is 272 g/mol. The van der Waals surface area contributed by atoms with Gasteiger partial charge in [-0.05, 0) is 34.1 Å². The SMILES string of the molecule is N#CCNC(=O)c1ccc(Cl)c(Br)c1. The van der Waals surface area contributed by atoms with Crippen molar-refractivity contribution in [3.63, 3.8) is 0 Å². The summed E-state index contributed by atoms with van der Waals surface area (Å²) in [7, 11) is 0. The predicted molar refractivity (Wildman–Crippen MR) is 57.1 cm³/mol. The summed E-state index contributed by atoms with van der Waals surface area (Å²) < 4.78 is 0.656. The molecule has 1 rings (SSSR count). The summed E-state index contributed by atoms with van der Waals surface area (Å²) in [5.41, 5.74) is 0.469. The maximum Gasteiger partial charge on any atom is 0.252 e. The first-order valence-corrected chi connectivity index (χ1v) is 4.92. The molecule has 0 bridgehead atoms. The van der Waals surface area contributed by atoms with Crippen molar-refractivity contribution in [2.45, 2.75) is 0 Å². The summed E-state index contributed by atoms with van der Waals surface area (Å²) in [6, 6.07) is 6.65. The molecule has 0 aliphatic heterocycles. The minimum absolute atomic E-state index is 0.000914. The van der Waals surface area contributed by atoms with Crippen LogP contribution in [0.1, 0.15) is 10.4 Å². The van der Waals surface area contributed by atoms with Crippen LogP contribution in [-0.4, -0.2) is 12.5 Å². The lowest BCUT2D eigenvalue weighted by Gasteiger charge is -2.02. The van der Waals surface area contributed by atoms with Crippen molar-refractivity contribution < 1.29 is 4.79 Å². The maximum absolute atomic E-state index is 11.3. The minimum Gasteiger partial charge on any atom is -0.339 e. The number of carbonyl (C=O) groups is 1. The molecule has 0 aliphatic rings. The van der Waals surface area contributed by atoms with Gasteiger partial charge in [-0.1, -0.05) is 11.6 Å². The Morgan fingerprint density at radius 3 is 2.93 bits per heavy atom. The number of hydrogen-bond acceptors (Lipinski definition) is 2. The van der Waals surface area contributed by atoms with Gasteiger partial charge < -0.3 is 5.32 Å². The highest BCUT2D eigenvalue weighted by Gasteiger charge is 2.06. The van der Waals surface area contributed by atoms with Crippen LogP contribution in [0, 0.1) is 11.3 Å². The first-order chi connectivity index (χ1) is 6.65. The van der Waals surface area contributed by atoms with Crippen LogP contribution in [0.4, 0.5) is 0 Å². The number of hydrogen-bond donors (Lipinski definition) is 1. The molecule has 1 amide bonds. The molecule has 0 saturated carbocycles. The molecule has 1 aromatic rings. The largest absolute Gasteiger partial charge is 0.339 e. The van der Waals surface area contributed by atoms with Crippen LogP contribution >= 0.6 is 27.5 Å². The molecule has 0 aromatic heterocycles. The van der Waals surface area contributed by atoms with E-state index in [0.29, 0.717) is 15.1 Å². The van der Waals surface area contributed by atoms with Gasteiger partial charge in [0.25, 0.3) is 5.91 Å². The van der Waals surface area contributed by atoms with E-state index in [9.17, 15) is 4.79 Å². The second-order valence-corrected chi connectivity index (χ2v) is 3.73. The van der Waals surface area contributed by atoms with Crippen molar-refractivity contribution in [1.29, 1.82) is 5.26 Å². The number of nitrogens with zero attached hydrogens (tertiary/aromatic N) is 1. The van der Waals surface area contributed by atoms with Crippen molar-refractivity contribution in [3.8, 4) is 6.07 Å². The first-order valence-electron chi connectivity index (χ1n) is 3.75. The van der Waals surface area contributed by atoms with E-state index in [0.717, 1.165) is 0 Å². The van der Waals surface area contributed by atoms with Crippen LogP contribution in [-0.2, 0) is 0 Å². The van der Waals surface area contributed by atoms with Gasteiger partial charge in [0.05, 0.1) is 11.1 Å². The van der Waals surface area contributed by atoms with E-state index in [1.807, 2.05) is 6.07 Å². The van der Waals surface area contributed by atoms with E-state index in [2.05, 4.69) is 21.2 Å². The fourth-order valence-electron chi connectivity index (χ4n) is 0.859. The Morgan fingerprint density at radius 1 is 1.64 bits per heavy atom. The van der Waals surface area contributed by atoms with Crippen LogP contribution in [0.3, 0.4) is 0 Å². The number of rotatable bonds is 2. The van der Waals surface area contributed by atoms with Crippen LogP contribution in [0.25, 0.3) is 0 Å². The Hall–Kier alpha value is -1.05. The normalized spacial score (nSPS) is 9.21. The van der Waals surface area contributed by atoms with Gasteiger partial charge in [0.2, 0.25) is 0 Å². The predicted octanol–water partition coefficient (Wildman–Crippen LogP) is 2.36. The van der Waals surface area contributed by atoms with Crippen molar-refractivity contribution in [3.05, 3.63) is 33.3 Å². The van der Waals surface area contributed by atoms with Gasteiger partial charge in [0.1, 0.15) is 6.54 Å². The molecule has 72 valence electrons. The average Bonchev–Trinajstić information content (AvgIpc) is 2.18. The molecule has 0 radical (unpaired) electrons. The number of halogens is 2. The molecule has 1 N–H and O–H groups in total. The summed E-state index contributed by atoms with van der Waals surface area (Å²) in [6.07, 6.45) is 0. The average molecular weight is 274 g/mol. The molecule has 5 heteroatoms. The fourth-order valence-corrected chi connectivity index (χ4v) is 1.36. The quantitative estimate of drug-likeness (QED) is 0.841. The van der Waals surface area contributed by atoms with Crippen molar-refractivity contribution in [2.75, 3.05) is 6.54 Å². The Labute approximate surface area is 94.8 Å². The molecule has 0 fully saturated rings. The second-order valence-electron chi connectivity index (χ2n) is 2.47. The van der Waals surface area contributed by atoms with Gasteiger partial charge in [-0.25, -0.2) is 0 Å². The summed E-state index contributed by atoms with van der Waals surface area (Å²) in [4.78, 5) is 11.3. The van der Waals surface area contributed by atoms with Crippen LogP contribution in [0.15, 0.2) is 22.7 Å². The zero-order valence-corrected chi connectivity index (χ0v) is 9.39. The van der Waals surface area contributed by atoms with Crippen molar-refractivity contribution >= 4 is 33.4 Å². The summed E-state index contributed by atoms with van der Waals surface area (Å²) in [6.45, 7) is -0.000914. The lowest BCUT2D eigenvalue weighted by molar-refractivity contribution is 0.0958. The Kier molecular flexibility index (Phi) is 3.93. The number of nitriles is 1. The summed E-state index contributed by atoms with van der Waals surface area (Å²) in [5, 5.41) is 11.2. The van der Waals surface area contributed by atoms with Gasteiger partial charge in [-0.15, -0.1) is 0 Å². The fraction of sp³-hybridized carbons (Fsp3) is 0.111.